The van der Waals surface area contributed by atoms with E-state index in [9.17, 15) is 4.79 Å². The second-order valence-electron chi connectivity index (χ2n) is 8.43. The minimum absolute atomic E-state index is 0.0687. The number of carbonyl (C=O) groups excluding carboxylic acids is 1. The molecule has 1 amide bonds. The summed E-state index contributed by atoms with van der Waals surface area (Å²) >= 11 is 0. The van der Waals surface area contributed by atoms with Gasteiger partial charge in [-0.1, -0.05) is 48.4 Å². The molecule has 0 N–H and O–H groups in total. The number of hydrazone groups is 1. The fourth-order valence-corrected chi connectivity index (χ4v) is 4.47. The molecule has 0 aliphatic carbocycles. The molecule has 0 spiro atoms. The Balaban J connectivity index is 1.64. The molecule has 5 nitrogen and oxygen atoms in total. The van der Waals surface area contributed by atoms with Gasteiger partial charge < -0.3 is 4.74 Å². The molecule has 2 aromatic carbocycles. The summed E-state index contributed by atoms with van der Waals surface area (Å²) in [6.07, 6.45) is 4.25. The molecule has 0 radical (unpaired) electrons. The van der Waals surface area contributed by atoms with E-state index in [-0.39, 0.29) is 11.9 Å². The zero-order valence-electron chi connectivity index (χ0n) is 18.2. The first-order valence-electron chi connectivity index (χ1n) is 10.9. The molecule has 2 unspecified atom stereocenters. The lowest BCUT2D eigenvalue weighted by Crippen LogP contribution is -2.44. The highest BCUT2D eigenvalue weighted by Gasteiger charge is 2.35. The van der Waals surface area contributed by atoms with E-state index in [1.54, 1.807) is 12.1 Å². The number of amides is 1. The number of aryl methyl sites for hydroxylation is 1. The second-order valence-corrected chi connectivity index (χ2v) is 8.43. The van der Waals surface area contributed by atoms with E-state index in [4.69, 9.17) is 9.84 Å². The number of ether oxygens (including phenoxy) is 1. The molecule has 0 bridgehead atoms. The third-order valence-electron chi connectivity index (χ3n) is 6.32. The summed E-state index contributed by atoms with van der Waals surface area (Å²) in [5.41, 5.74) is 4.19. The maximum absolute atomic E-state index is 13.4. The summed E-state index contributed by atoms with van der Waals surface area (Å²) in [7, 11) is 1.67. The predicted molar refractivity (Wildman–Crippen MR) is 120 cm³/mol. The Morgan fingerprint density at radius 1 is 1.13 bits per heavy atom. The van der Waals surface area contributed by atoms with Crippen molar-refractivity contribution in [2.24, 2.45) is 5.10 Å². The zero-order valence-corrected chi connectivity index (χ0v) is 18.2. The molecule has 0 saturated carbocycles. The van der Waals surface area contributed by atoms with Crippen LogP contribution in [0.15, 0.2) is 53.6 Å². The number of hydrogen-bond donors (Lipinski definition) is 0. The largest absolute Gasteiger partial charge is 0.496 e. The van der Waals surface area contributed by atoms with Gasteiger partial charge in [0.25, 0.3) is 5.91 Å². The van der Waals surface area contributed by atoms with E-state index >= 15 is 0 Å². The van der Waals surface area contributed by atoms with Gasteiger partial charge in [0.15, 0.2) is 0 Å². The lowest BCUT2D eigenvalue weighted by molar-refractivity contribution is -0.135. The van der Waals surface area contributed by atoms with E-state index in [0.29, 0.717) is 19.0 Å². The quantitative estimate of drug-likeness (QED) is 0.733. The highest BCUT2D eigenvalue weighted by molar-refractivity contribution is 6.05. The van der Waals surface area contributed by atoms with Crippen LogP contribution >= 0.6 is 0 Å². The molecule has 30 heavy (non-hydrogen) atoms. The number of nitrogens with zero attached hydrogens (tertiary/aromatic N) is 3. The van der Waals surface area contributed by atoms with Crippen LogP contribution in [0.4, 0.5) is 0 Å². The first-order valence-corrected chi connectivity index (χ1v) is 10.9. The van der Waals surface area contributed by atoms with Crippen molar-refractivity contribution in [3.05, 3.63) is 65.2 Å². The molecule has 1 saturated heterocycles. The summed E-state index contributed by atoms with van der Waals surface area (Å²) in [6.45, 7) is 5.71. The van der Waals surface area contributed by atoms with E-state index in [2.05, 4.69) is 43.0 Å². The number of rotatable bonds is 5. The van der Waals surface area contributed by atoms with Gasteiger partial charge in [0.05, 0.1) is 25.4 Å². The van der Waals surface area contributed by atoms with Crippen LogP contribution in [-0.4, -0.2) is 47.8 Å². The number of likely N-dealkylation sites (tertiary alicyclic amines) is 1. The fraction of sp³-hybridized carbons (Fsp3) is 0.440. The topological polar surface area (TPSA) is 45.1 Å². The zero-order chi connectivity index (χ0) is 21.1. The molecule has 158 valence electrons. The standard InChI is InChI=1S/C25H31N3O2/c1-18-11-13-20(14-12-18)23-16-22(21-9-4-5-10-24(21)30-3)26-28(23)25(29)17-27-15-7-6-8-19(27)2/h4-5,9-14,19,23H,6-8,15-17H2,1-3H3. The number of carbonyl (C=O) groups is 1. The molecule has 4 rings (SSSR count). The summed E-state index contributed by atoms with van der Waals surface area (Å²) in [4.78, 5) is 15.7. The summed E-state index contributed by atoms with van der Waals surface area (Å²) < 4.78 is 5.55. The van der Waals surface area contributed by atoms with Gasteiger partial charge >= 0.3 is 0 Å². The lowest BCUT2D eigenvalue weighted by atomic mass is 9.97. The normalized spacial score (nSPS) is 22.1. The van der Waals surface area contributed by atoms with Gasteiger partial charge in [-0.25, -0.2) is 5.01 Å². The highest BCUT2D eigenvalue weighted by Crippen LogP contribution is 2.35. The highest BCUT2D eigenvalue weighted by atomic mass is 16.5. The molecule has 2 heterocycles. The third-order valence-corrected chi connectivity index (χ3v) is 6.32. The number of methoxy groups -OCH3 is 1. The van der Waals surface area contributed by atoms with Crippen molar-refractivity contribution in [3.8, 4) is 5.75 Å². The number of hydrogen-bond acceptors (Lipinski definition) is 4. The summed E-state index contributed by atoms with van der Waals surface area (Å²) in [5, 5.41) is 6.55. The summed E-state index contributed by atoms with van der Waals surface area (Å²) in [6, 6.07) is 16.7. The predicted octanol–water partition coefficient (Wildman–Crippen LogP) is 4.56. The van der Waals surface area contributed by atoms with Crippen molar-refractivity contribution in [3.63, 3.8) is 0 Å². The Morgan fingerprint density at radius 2 is 1.90 bits per heavy atom. The van der Waals surface area contributed by atoms with Crippen LogP contribution in [0, 0.1) is 6.92 Å². The van der Waals surface area contributed by atoms with Crippen molar-refractivity contribution in [2.45, 2.75) is 51.6 Å². The molecule has 2 aromatic rings. The van der Waals surface area contributed by atoms with Gasteiger partial charge in [0, 0.05) is 18.0 Å². The van der Waals surface area contributed by atoms with Crippen LogP contribution in [0.3, 0.4) is 0 Å². The minimum atomic E-state index is -0.0851. The van der Waals surface area contributed by atoms with Crippen LogP contribution in [0.25, 0.3) is 0 Å². The first-order chi connectivity index (χ1) is 14.6. The molecule has 2 aliphatic rings. The molecule has 1 fully saturated rings. The van der Waals surface area contributed by atoms with Gasteiger partial charge in [-0.05, 0) is 50.9 Å². The van der Waals surface area contributed by atoms with Gasteiger partial charge in [-0.2, -0.15) is 5.10 Å². The van der Waals surface area contributed by atoms with E-state index in [1.807, 2.05) is 24.3 Å². The minimum Gasteiger partial charge on any atom is -0.496 e. The van der Waals surface area contributed by atoms with Gasteiger partial charge in [-0.3, -0.25) is 9.69 Å². The number of benzene rings is 2. The van der Waals surface area contributed by atoms with Gasteiger partial charge in [0.1, 0.15) is 5.75 Å². The monoisotopic (exact) mass is 405 g/mol. The maximum atomic E-state index is 13.4. The Hall–Kier alpha value is -2.66. The molecular weight excluding hydrogens is 374 g/mol. The number of piperidine rings is 1. The van der Waals surface area contributed by atoms with Crippen molar-refractivity contribution in [2.75, 3.05) is 20.2 Å². The lowest BCUT2D eigenvalue weighted by Gasteiger charge is -2.34. The molecule has 2 aliphatic heterocycles. The van der Waals surface area contributed by atoms with Crippen LogP contribution in [-0.2, 0) is 4.79 Å². The fourth-order valence-electron chi connectivity index (χ4n) is 4.47. The average molecular weight is 406 g/mol. The van der Waals surface area contributed by atoms with Gasteiger partial charge in [-0.15, -0.1) is 0 Å². The van der Waals surface area contributed by atoms with Gasteiger partial charge in [0.2, 0.25) is 0 Å². The second kappa shape index (κ2) is 9.00. The SMILES string of the molecule is COc1ccccc1C1=NN(C(=O)CN2CCCCC2C)C(c2ccc(C)cc2)C1. The first kappa shape index (κ1) is 20.6. The van der Waals surface area contributed by atoms with Crippen LogP contribution in [0.2, 0.25) is 0 Å². The van der Waals surface area contributed by atoms with Crippen molar-refractivity contribution in [1.82, 2.24) is 9.91 Å². The Labute approximate surface area is 179 Å². The third kappa shape index (κ3) is 4.26. The molecule has 0 aromatic heterocycles. The summed E-state index contributed by atoms with van der Waals surface area (Å²) in [5.74, 6) is 0.858. The van der Waals surface area contributed by atoms with Crippen molar-refractivity contribution < 1.29 is 9.53 Å². The average Bonchev–Trinajstić information content (AvgIpc) is 3.21. The van der Waals surface area contributed by atoms with Crippen LogP contribution in [0.1, 0.15) is 55.3 Å². The Morgan fingerprint density at radius 3 is 2.63 bits per heavy atom. The van der Waals surface area contributed by atoms with E-state index in [0.717, 1.165) is 42.0 Å². The Bertz CT molecular complexity index is 922. The van der Waals surface area contributed by atoms with Crippen LogP contribution in [0.5, 0.6) is 5.75 Å². The maximum Gasteiger partial charge on any atom is 0.257 e. The molecular formula is C25H31N3O2. The Kier molecular flexibility index (Phi) is 6.18. The molecule has 5 heteroatoms. The van der Waals surface area contributed by atoms with Crippen LogP contribution < -0.4 is 4.74 Å². The van der Waals surface area contributed by atoms with Crippen molar-refractivity contribution >= 4 is 11.6 Å². The molecule has 2 atom stereocenters. The van der Waals surface area contributed by atoms with E-state index < -0.39 is 0 Å². The van der Waals surface area contributed by atoms with Crippen molar-refractivity contribution in [1.29, 1.82) is 0 Å². The smallest absolute Gasteiger partial charge is 0.257 e. The van der Waals surface area contributed by atoms with E-state index in [1.165, 1.54) is 12.0 Å². The number of para-hydroxylation sites is 1.